The van der Waals surface area contributed by atoms with Crippen molar-refractivity contribution in [3.05, 3.63) is 64.2 Å². The molecule has 6 atom stereocenters. The van der Waals surface area contributed by atoms with Crippen molar-refractivity contribution in [3.63, 3.8) is 0 Å². The molecule has 44 heavy (non-hydrogen) atoms. The maximum Gasteiger partial charge on any atom is 0.417 e. The van der Waals surface area contributed by atoms with Crippen LogP contribution in [0.15, 0.2) is 47.4 Å². The molecule has 1 amide bonds. The maximum absolute atomic E-state index is 14.4. The van der Waals surface area contributed by atoms with Gasteiger partial charge in [0.2, 0.25) is 5.91 Å². The summed E-state index contributed by atoms with van der Waals surface area (Å²) in [6.07, 6.45) is 4.03. The summed E-state index contributed by atoms with van der Waals surface area (Å²) < 4.78 is 58.2. The average molecular weight is 651 g/mol. The van der Waals surface area contributed by atoms with Crippen LogP contribution in [0.5, 0.6) is 5.75 Å². The van der Waals surface area contributed by atoms with Crippen LogP contribution >= 0.6 is 23.5 Å². The number of nitrogens with zero attached hydrogens (tertiary/aromatic N) is 1. The molecule has 1 N–H and O–H groups in total. The molecular formula is C34H42ClF3N2O3S. The predicted molar refractivity (Wildman–Crippen MR) is 170 cm³/mol. The Kier molecular flexibility index (Phi) is 10.5. The van der Waals surface area contributed by atoms with E-state index in [9.17, 15) is 18.0 Å². The summed E-state index contributed by atoms with van der Waals surface area (Å²) in [6.45, 7) is 7.41. The summed E-state index contributed by atoms with van der Waals surface area (Å²) in [6, 6.07) is 8.57. The van der Waals surface area contributed by atoms with Crippen molar-refractivity contribution in [2.45, 2.75) is 76.0 Å². The van der Waals surface area contributed by atoms with E-state index >= 15 is 0 Å². The van der Waals surface area contributed by atoms with Crippen LogP contribution in [0.25, 0.3) is 0 Å². The van der Waals surface area contributed by atoms with Crippen LogP contribution in [0, 0.1) is 23.7 Å². The third kappa shape index (κ3) is 7.20. The van der Waals surface area contributed by atoms with Gasteiger partial charge in [0.05, 0.1) is 24.0 Å². The monoisotopic (exact) mass is 650 g/mol. The highest BCUT2D eigenvalue weighted by molar-refractivity contribution is 7.98. The summed E-state index contributed by atoms with van der Waals surface area (Å²) in [4.78, 5) is 15.2. The number of aryl methyl sites for hydroxylation is 1. The van der Waals surface area contributed by atoms with Gasteiger partial charge in [-0.3, -0.25) is 9.52 Å². The Hall–Kier alpha value is -2.36. The first-order chi connectivity index (χ1) is 21.0. The van der Waals surface area contributed by atoms with Gasteiger partial charge in [0.25, 0.3) is 0 Å². The van der Waals surface area contributed by atoms with Gasteiger partial charge in [-0.2, -0.15) is 13.2 Å². The van der Waals surface area contributed by atoms with Gasteiger partial charge in [-0.1, -0.05) is 57.0 Å². The standard InChI is InChI=1S/C34H42ClF3N2O3S/c1-5-7-22-14-25(35)11-13-26(22)24-18-40-17-23-10-12-27(23)30(42-4)9-6-8-20(2)21(3)33(41)39-44-32-16-29(40)31(43-19-24)15-28(32)34(36,37)38/h6,9,11,13-16,20-21,23-24,27,30H,5,7-8,10,12,17-19H2,1-4H3,(H,39,41)/b9-6+. The minimum absolute atomic E-state index is 0.00914. The Morgan fingerprint density at radius 3 is 2.64 bits per heavy atom. The first-order valence-electron chi connectivity index (χ1n) is 15.6. The third-order valence-corrected chi connectivity index (χ3v) is 10.7. The number of hydrogen-bond acceptors (Lipinski definition) is 5. The zero-order chi connectivity index (χ0) is 31.6. The molecule has 0 saturated heterocycles. The smallest absolute Gasteiger partial charge is 0.417 e. The number of hydrogen-bond donors (Lipinski definition) is 1. The molecule has 1 fully saturated rings. The fraction of sp³-hybridized carbons (Fsp3) is 0.559. The number of allylic oxidation sites excluding steroid dienone is 1. The number of carbonyl (C=O) groups is 1. The Morgan fingerprint density at radius 1 is 1.16 bits per heavy atom. The Balaban J connectivity index is 1.59. The van der Waals surface area contributed by atoms with E-state index in [0.29, 0.717) is 42.1 Å². The first-order valence-corrected chi connectivity index (χ1v) is 16.8. The molecule has 6 unspecified atom stereocenters. The van der Waals surface area contributed by atoms with E-state index in [2.05, 4.69) is 28.7 Å². The third-order valence-electron chi connectivity index (χ3n) is 9.64. The lowest BCUT2D eigenvalue weighted by atomic mass is 9.70. The zero-order valence-corrected chi connectivity index (χ0v) is 27.3. The molecule has 3 aliphatic rings. The minimum Gasteiger partial charge on any atom is -0.491 e. The van der Waals surface area contributed by atoms with Crippen LogP contribution in [0.1, 0.15) is 69.1 Å². The van der Waals surface area contributed by atoms with Crippen molar-refractivity contribution >= 4 is 35.1 Å². The van der Waals surface area contributed by atoms with Gasteiger partial charge in [0.1, 0.15) is 5.75 Å². The van der Waals surface area contributed by atoms with E-state index in [1.54, 1.807) is 13.2 Å². The van der Waals surface area contributed by atoms with Crippen LogP contribution < -0.4 is 14.4 Å². The molecule has 2 aromatic rings. The van der Waals surface area contributed by atoms with Crippen molar-refractivity contribution in [3.8, 4) is 5.75 Å². The number of fused-ring (bicyclic) bond motifs is 2. The fourth-order valence-electron chi connectivity index (χ4n) is 6.67. The number of rotatable bonds is 4. The molecule has 2 bridgehead atoms. The SMILES string of the molecule is CCCc1cc(Cl)ccc1C1COc2cc(C(F)(F)F)c3cc2N(C1)CC1CCC1C(OC)/C=C/CC(C)C(C)C(=O)NS3. The molecule has 1 aliphatic carbocycles. The van der Waals surface area contributed by atoms with Gasteiger partial charge >= 0.3 is 6.18 Å². The van der Waals surface area contributed by atoms with E-state index in [4.69, 9.17) is 21.1 Å². The molecule has 2 aliphatic heterocycles. The van der Waals surface area contributed by atoms with E-state index in [1.807, 2.05) is 32.0 Å². The molecule has 5 rings (SSSR count). The lowest BCUT2D eigenvalue weighted by Crippen LogP contribution is -2.44. The van der Waals surface area contributed by atoms with Gasteiger partial charge in [-0.05, 0) is 90.8 Å². The second kappa shape index (κ2) is 14.0. The Labute approximate surface area is 268 Å². The van der Waals surface area contributed by atoms with E-state index in [-0.39, 0.29) is 47.0 Å². The van der Waals surface area contributed by atoms with Gasteiger partial charge in [-0.25, -0.2) is 0 Å². The minimum atomic E-state index is -4.62. The molecule has 2 aromatic carbocycles. The van der Waals surface area contributed by atoms with Crippen molar-refractivity contribution in [2.24, 2.45) is 23.7 Å². The van der Waals surface area contributed by atoms with Crippen LogP contribution in [0.2, 0.25) is 5.02 Å². The average Bonchev–Trinajstić information content (AvgIpc) is 3.14. The summed E-state index contributed by atoms with van der Waals surface area (Å²) in [5.74, 6) is 0.0619. The van der Waals surface area contributed by atoms with Gasteiger partial charge < -0.3 is 14.4 Å². The number of ether oxygens (including phenoxy) is 2. The number of alkyl halides is 3. The molecule has 10 heteroatoms. The highest BCUT2D eigenvalue weighted by Crippen LogP contribution is 2.47. The van der Waals surface area contributed by atoms with Crippen molar-refractivity contribution in [2.75, 3.05) is 31.7 Å². The van der Waals surface area contributed by atoms with Crippen molar-refractivity contribution < 1.29 is 27.4 Å². The predicted octanol–water partition coefficient (Wildman–Crippen LogP) is 8.69. The fourth-order valence-corrected chi connectivity index (χ4v) is 7.71. The number of amides is 1. The molecule has 240 valence electrons. The Morgan fingerprint density at radius 2 is 1.95 bits per heavy atom. The zero-order valence-electron chi connectivity index (χ0n) is 25.8. The van der Waals surface area contributed by atoms with Gasteiger partial charge in [0, 0.05) is 42.0 Å². The number of methoxy groups -OCH3 is 1. The maximum atomic E-state index is 14.4. The highest BCUT2D eigenvalue weighted by atomic mass is 35.5. The Bertz CT molecular complexity index is 1370. The lowest BCUT2D eigenvalue weighted by Gasteiger charge is -2.43. The van der Waals surface area contributed by atoms with E-state index in [1.165, 1.54) is 0 Å². The van der Waals surface area contributed by atoms with Gasteiger partial charge in [-0.15, -0.1) is 0 Å². The number of benzene rings is 2. The number of nitrogens with one attached hydrogen (secondary N) is 1. The largest absolute Gasteiger partial charge is 0.491 e. The topological polar surface area (TPSA) is 50.8 Å². The van der Waals surface area contributed by atoms with Gasteiger partial charge in [0.15, 0.2) is 0 Å². The molecule has 0 radical (unpaired) electrons. The second-order valence-electron chi connectivity index (χ2n) is 12.5. The number of halogens is 4. The second-order valence-corrected chi connectivity index (χ2v) is 13.8. The first kappa shape index (κ1) is 33.0. The molecule has 0 spiro atoms. The number of anilines is 1. The summed E-state index contributed by atoms with van der Waals surface area (Å²) in [7, 11) is 1.73. The van der Waals surface area contributed by atoms with Crippen LogP contribution in [-0.4, -0.2) is 38.8 Å². The summed E-state index contributed by atoms with van der Waals surface area (Å²) in [5.41, 5.74) is 2.05. The normalized spacial score (nSPS) is 28.6. The molecule has 5 nitrogen and oxygen atoms in total. The molecular weight excluding hydrogens is 609 g/mol. The molecule has 1 saturated carbocycles. The van der Waals surface area contributed by atoms with Crippen LogP contribution in [0.3, 0.4) is 0 Å². The van der Waals surface area contributed by atoms with E-state index < -0.39 is 11.7 Å². The lowest BCUT2D eigenvalue weighted by molar-refractivity contribution is -0.140. The van der Waals surface area contributed by atoms with Crippen molar-refractivity contribution in [1.29, 1.82) is 0 Å². The quantitative estimate of drug-likeness (QED) is 0.265. The molecule has 0 aromatic heterocycles. The van der Waals surface area contributed by atoms with Crippen molar-refractivity contribution in [1.82, 2.24) is 4.72 Å². The summed E-state index contributed by atoms with van der Waals surface area (Å²) >= 11 is 7.11. The number of carbonyl (C=O) groups excluding carboxylic acids is 1. The van der Waals surface area contributed by atoms with E-state index in [0.717, 1.165) is 54.8 Å². The van der Waals surface area contributed by atoms with Crippen LogP contribution in [-0.2, 0) is 22.1 Å². The molecule has 2 heterocycles. The highest BCUT2D eigenvalue weighted by Gasteiger charge is 2.41. The summed E-state index contributed by atoms with van der Waals surface area (Å²) in [5, 5.41) is 0.665. The van der Waals surface area contributed by atoms with Crippen LogP contribution in [0.4, 0.5) is 18.9 Å².